The molecule has 0 saturated heterocycles. The third-order valence-corrected chi connectivity index (χ3v) is 5.57. The van der Waals surface area contributed by atoms with E-state index in [1.807, 2.05) is 6.07 Å². The summed E-state index contributed by atoms with van der Waals surface area (Å²) in [5.74, 6) is -0.378. The molecule has 4 aromatic rings. The van der Waals surface area contributed by atoms with Gasteiger partial charge in [-0.2, -0.15) is 0 Å². The van der Waals surface area contributed by atoms with Gasteiger partial charge in [-0.1, -0.05) is 6.07 Å². The number of hydrogen-bond acceptors (Lipinski definition) is 6. The van der Waals surface area contributed by atoms with Crippen molar-refractivity contribution in [2.24, 2.45) is 0 Å². The number of rotatable bonds is 6. The van der Waals surface area contributed by atoms with Gasteiger partial charge in [-0.25, -0.2) is 18.7 Å². The van der Waals surface area contributed by atoms with Crippen molar-refractivity contribution >= 4 is 22.7 Å². The Hall–Kier alpha value is -3.33. The number of halogens is 2. The fourth-order valence-corrected chi connectivity index (χ4v) is 3.95. The Labute approximate surface area is 181 Å². The van der Waals surface area contributed by atoms with Gasteiger partial charge in [0.05, 0.1) is 37.2 Å². The second-order valence-electron chi connectivity index (χ2n) is 6.67. The number of fused-ring (bicyclic) bond motifs is 1. The Morgan fingerprint density at radius 1 is 1.06 bits per heavy atom. The molecule has 31 heavy (non-hydrogen) atoms. The van der Waals surface area contributed by atoms with Gasteiger partial charge in [-0.15, -0.1) is 11.8 Å². The van der Waals surface area contributed by atoms with Gasteiger partial charge >= 0.3 is 0 Å². The molecule has 0 spiro atoms. The van der Waals surface area contributed by atoms with Crippen molar-refractivity contribution in [2.45, 2.75) is 11.6 Å². The van der Waals surface area contributed by atoms with Crippen molar-refractivity contribution in [1.82, 2.24) is 14.5 Å². The minimum absolute atomic E-state index is 0.0437. The zero-order valence-electron chi connectivity index (χ0n) is 17.0. The zero-order valence-corrected chi connectivity index (χ0v) is 17.8. The Morgan fingerprint density at radius 3 is 2.45 bits per heavy atom. The Bertz CT molecular complexity index is 1260. The highest BCUT2D eigenvalue weighted by atomic mass is 32.2. The summed E-state index contributed by atoms with van der Waals surface area (Å²) < 4.78 is 40.8. The summed E-state index contributed by atoms with van der Waals surface area (Å²) in [7, 11) is 3.12. The van der Waals surface area contributed by atoms with E-state index < -0.39 is 11.6 Å². The lowest BCUT2D eigenvalue weighted by Gasteiger charge is -2.11. The van der Waals surface area contributed by atoms with Crippen LogP contribution in [0.2, 0.25) is 0 Å². The van der Waals surface area contributed by atoms with Gasteiger partial charge in [0, 0.05) is 17.8 Å². The molecule has 0 aliphatic rings. The van der Waals surface area contributed by atoms with Crippen molar-refractivity contribution in [3.8, 4) is 28.8 Å². The first kappa shape index (κ1) is 20.9. The molecule has 1 N–H and O–H groups in total. The van der Waals surface area contributed by atoms with E-state index in [1.165, 1.54) is 17.8 Å². The average Bonchev–Trinajstić information content (AvgIpc) is 3.08. The first-order valence-corrected chi connectivity index (χ1v) is 10.5. The van der Waals surface area contributed by atoms with Crippen molar-refractivity contribution in [3.05, 3.63) is 59.8 Å². The number of methoxy groups -OCH3 is 2. The normalized spacial score (nSPS) is 11.1. The fourth-order valence-electron chi connectivity index (χ4n) is 3.37. The highest BCUT2D eigenvalue weighted by Crippen LogP contribution is 2.36. The highest BCUT2D eigenvalue weighted by Gasteiger charge is 2.21. The van der Waals surface area contributed by atoms with Gasteiger partial charge in [-0.3, -0.25) is 0 Å². The summed E-state index contributed by atoms with van der Waals surface area (Å²) in [6.07, 6.45) is 3.39. The number of hydrogen-bond donors (Lipinski definition) is 1. The number of nitrogens with zero attached hydrogens (tertiary/aromatic N) is 3. The molecule has 0 fully saturated rings. The van der Waals surface area contributed by atoms with Gasteiger partial charge in [0.1, 0.15) is 28.2 Å². The molecule has 2 aromatic carbocycles. The van der Waals surface area contributed by atoms with Crippen LogP contribution in [0.5, 0.6) is 17.4 Å². The molecule has 0 aliphatic carbocycles. The van der Waals surface area contributed by atoms with Crippen LogP contribution in [0.15, 0.2) is 47.6 Å². The molecule has 0 bridgehead atoms. The molecule has 2 aromatic heterocycles. The summed E-state index contributed by atoms with van der Waals surface area (Å²) in [5.41, 5.74) is 0.878. The summed E-state index contributed by atoms with van der Waals surface area (Å²) in [6.45, 7) is 0.284. The predicted molar refractivity (Wildman–Crippen MR) is 115 cm³/mol. The SMILES string of the molecule is COc1ccc(Cn2cc3nc(-c4c(F)cccc4F)nc(SC)c3c2O)c(OC)c1. The molecule has 0 saturated carbocycles. The van der Waals surface area contributed by atoms with E-state index in [9.17, 15) is 13.9 Å². The monoisotopic (exact) mass is 443 g/mol. The van der Waals surface area contributed by atoms with E-state index in [1.54, 1.807) is 43.4 Å². The summed E-state index contributed by atoms with van der Waals surface area (Å²) in [6, 6.07) is 8.98. The topological polar surface area (TPSA) is 69.4 Å². The van der Waals surface area contributed by atoms with Crippen LogP contribution in [0.1, 0.15) is 5.56 Å². The summed E-state index contributed by atoms with van der Waals surface area (Å²) in [4.78, 5) is 8.64. The molecule has 0 unspecified atom stereocenters. The maximum atomic E-state index is 14.3. The van der Waals surface area contributed by atoms with Crippen LogP contribution in [0.25, 0.3) is 22.3 Å². The number of aromatic nitrogens is 3. The summed E-state index contributed by atoms with van der Waals surface area (Å²) in [5, 5.41) is 11.7. The Balaban J connectivity index is 1.84. The number of ether oxygens (including phenoxy) is 2. The minimum atomic E-state index is -0.752. The second kappa shape index (κ2) is 8.43. The molecule has 160 valence electrons. The lowest BCUT2D eigenvalue weighted by molar-refractivity contribution is 0.387. The van der Waals surface area contributed by atoms with E-state index in [-0.39, 0.29) is 23.8 Å². The van der Waals surface area contributed by atoms with Crippen LogP contribution < -0.4 is 9.47 Å². The molecule has 6 nitrogen and oxygen atoms in total. The second-order valence-corrected chi connectivity index (χ2v) is 7.47. The van der Waals surface area contributed by atoms with Crippen molar-refractivity contribution in [3.63, 3.8) is 0 Å². The van der Waals surface area contributed by atoms with Gasteiger partial charge in [0.25, 0.3) is 0 Å². The average molecular weight is 443 g/mol. The maximum Gasteiger partial charge on any atom is 0.203 e. The van der Waals surface area contributed by atoms with E-state index in [4.69, 9.17) is 9.47 Å². The van der Waals surface area contributed by atoms with E-state index in [0.717, 1.165) is 17.7 Å². The molecule has 0 atom stereocenters. The molecule has 9 heteroatoms. The number of benzene rings is 2. The minimum Gasteiger partial charge on any atom is -0.497 e. The Morgan fingerprint density at radius 2 is 1.81 bits per heavy atom. The lowest BCUT2D eigenvalue weighted by atomic mass is 10.2. The van der Waals surface area contributed by atoms with Crippen LogP contribution in [-0.2, 0) is 6.54 Å². The third kappa shape index (κ3) is 3.76. The standard InChI is InChI=1S/C22H19F2N3O3S/c1-29-13-8-7-12(17(9-13)30-2)10-27-11-16-19(22(27)28)21(31-3)26-20(25-16)18-14(23)5-4-6-15(18)24/h4-9,11,28H,10H2,1-3H3. The van der Waals surface area contributed by atoms with Crippen LogP contribution in [0.4, 0.5) is 8.78 Å². The fraction of sp³-hybridized carbons (Fsp3) is 0.182. The van der Waals surface area contributed by atoms with Crippen molar-refractivity contribution < 1.29 is 23.4 Å². The van der Waals surface area contributed by atoms with Crippen LogP contribution in [0.3, 0.4) is 0 Å². The van der Waals surface area contributed by atoms with Crippen LogP contribution in [-0.4, -0.2) is 40.1 Å². The maximum absolute atomic E-state index is 14.3. The van der Waals surface area contributed by atoms with Crippen LogP contribution >= 0.6 is 11.8 Å². The molecule has 2 heterocycles. The smallest absolute Gasteiger partial charge is 0.203 e. The third-order valence-electron chi connectivity index (χ3n) is 4.89. The molecular weight excluding hydrogens is 424 g/mol. The lowest BCUT2D eigenvalue weighted by Crippen LogP contribution is -2.00. The largest absolute Gasteiger partial charge is 0.497 e. The molecular formula is C22H19F2N3O3S. The first-order chi connectivity index (χ1) is 15.0. The number of thioether (sulfide) groups is 1. The van der Waals surface area contributed by atoms with Gasteiger partial charge in [0.15, 0.2) is 5.82 Å². The molecule has 0 amide bonds. The number of aromatic hydroxyl groups is 1. The van der Waals surface area contributed by atoms with E-state index >= 15 is 0 Å². The predicted octanol–water partition coefficient (Wildman–Crippen LogP) is 4.87. The summed E-state index contributed by atoms with van der Waals surface area (Å²) >= 11 is 1.25. The van der Waals surface area contributed by atoms with Crippen molar-refractivity contribution in [2.75, 3.05) is 20.5 Å². The van der Waals surface area contributed by atoms with Crippen LogP contribution in [0, 0.1) is 11.6 Å². The highest BCUT2D eigenvalue weighted by molar-refractivity contribution is 7.98. The van der Waals surface area contributed by atoms with E-state index in [2.05, 4.69) is 9.97 Å². The van der Waals surface area contributed by atoms with Gasteiger partial charge in [0.2, 0.25) is 5.88 Å². The van der Waals surface area contributed by atoms with Gasteiger partial charge in [-0.05, 0) is 30.5 Å². The van der Waals surface area contributed by atoms with E-state index in [0.29, 0.717) is 27.4 Å². The first-order valence-electron chi connectivity index (χ1n) is 9.26. The Kier molecular flexibility index (Phi) is 5.69. The zero-order chi connectivity index (χ0) is 22.1. The quantitative estimate of drug-likeness (QED) is 0.339. The van der Waals surface area contributed by atoms with Crippen molar-refractivity contribution in [1.29, 1.82) is 0 Å². The van der Waals surface area contributed by atoms with Gasteiger partial charge < -0.3 is 19.1 Å². The molecule has 0 radical (unpaired) electrons. The molecule has 4 rings (SSSR count). The molecule has 0 aliphatic heterocycles.